The van der Waals surface area contributed by atoms with Gasteiger partial charge in [0.05, 0.1) is 17.4 Å². The van der Waals surface area contributed by atoms with Gasteiger partial charge in [0.2, 0.25) is 0 Å². The molecular formula is C12H16ClN3O. The van der Waals surface area contributed by atoms with Crippen LogP contribution in [0.5, 0.6) is 0 Å². The lowest BCUT2D eigenvalue weighted by Gasteiger charge is -2.16. The van der Waals surface area contributed by atoms with E-state index in [0.717, 1.165) is 13.1 Å². The fourth-order valence-corrected chi connectivity index (χ4v) is 2.26. The maximum Gasteiger partial charge on any atom is 0.257 e. The summed E-state index contributed by atoms with van der Waals surface area (Å²) in [5.41, 5.74) is 6.48. The van der Waals surface area contributed by atoms with Crippen molar-refractivity contribution in [2.24, 2.45) is 11.8 Å². The second-order valence-electron chi connectivity index (χ2n) is 4.77. The molecule has 2 heterocycles. The van der Waals surface area contributed by atoms with Gasteiger partial charge < -0.3 is 10.6 Å². The Hall–Kier alpha value is -1.29. The fraction of sp³-hybridized carbons (Fsp3) is 0.500. The number of nitrogens with zero attached hydrogens (tertiary/aromatic N) is 2. The van der Waals surface area contributed by atoms with E-state index in [-0.39, 0.29) is 11.1 Å². The van der Waals surface area contributed by atoms with E-state index in [1.807, 2.05) is 4.90 Å². The van der Waals surface area contributed by atoms with Crippen molar-refractivity contribution in [3.8, 4) is 0 Å². The third kappa shape index (κ3) is 2.36. The van der Waals surface area contributed by atoms with E-state index < -0.39 is 0 Å². The van der Waals surface area contributed by atoms with E-state index in [9.17, 15) is 4.79 Å². The summed E-state index contributed by atoms with van der Waals surface area (Å²) >= 11 is 5.93. The quantitative estimate of drug-likeness (QED) is 0.780. The zero-order valence-corrected chi connectivity index (χ0v) is 10.7. The van der Waals surface area contributed by atoms with Crippen LogP contribution in [0.15, 0.2) is 12.3 Å². The van der Waals surface area contributed by atoms with Crippen LogP contribution in [0, 0.1) is 11.8 Å². The Morgan fingerprint density at radius 1 is 1.47 bits per heavy atom. The van der Waals surface area contributed by atoms with Crippen molar-refractivity contribution < 1.29 is 4.79 Å². The lowest BCUT2D eigenvalue weighted by Crippen LogP contribution is -2.29. The van der Waals surface area contributed by atoms with Crippen LogP contribution in [0.4, 0.5) is 5.69 Å². The lowest BCUT2D eigenvalue weighted by molar-refractivity contribution is 0.0785. The van der Waals surface area contributed by atoms with E-state index in [1.54, 1.807) is 6.07 Å². The summed E-state index contributed by atoms with van der Waals surface area (Å²) in [5.74, 6) is 0.962. The molecule has 2 unspecified atom stereocenters. The standard InChI is InChI=1S/C12H16ClN3O/c1-7-5-16(6-8(7)2)12(17)10-3-9(14)4-15-11(10)13/h3-4,7-8H,5-6,14H2,1-2H3. The van der Waals surface area contributed by atoms with Gasteiger partial charge in [-0.25, -0.2) is 4.98 Å². The normalized spacial score (nSPS) is 24.1. The van der Waals surface area contributed by atoms with Gasteiger partial charge in [0.1, 0.15) is 5.15 Å². The minimum absolute atomic E-state index is 0.0778. The molecule has 1 aromatic rings. The van der Waals surface area contributed by atoms with Gasteiger partial charge in [0.25, 0.3) is 5.91 Å². The number of halogens is 1. The Morgan fingerprint density at radius 3 is 2.65 bits per heavy atom. The highest BCUT2D eigenvalue weighted by atomic mass is 35.5. The number of anilines is 1. The minimum atomic E-state index is -0.0778. The van der Waals surface area contributed by atoms with Gasteiger partial charge in [-0.1, -0.05) is 25.4 Å². The largest absolute Gasteiger partial charge is 0.397 e. The molecule has 1 saturated heterocycles. The van der Waals surface area contributed by atoms with Crippen LogP contribution in [0.25, 0.3) is 0 Å². The summed E-state index contributed by atoms with van der Waals surface area (Å²) in [6.45, 7) is 5.84. The number of aromatic nitrogens is 1. The number of amides is 1. The SMILES string of the molecule is CC1CN(C(=O)c2cc(N)cnc2Cl)CC1C. The minimum Gasteiger partial charge on any atom is -0.397 e. The number of carbonyl (C=O) groups excluding carboxylic acids is 1. The maximum absolute atomic E-state index is 12.3. The van der Waals surface area contributed by atoms with Crippen molar-refractivity contribution in [3.05, 3.63) is 23.0 Å². The van der Waals surface area contributed by atoms with Gasteiger partial charge >= 0.3 is 0 Å². The van der Waals surface area contributed by atoms with Gasteiger partial charge in [-0.3, -0.25) is 4.79 Å². The maximum atomic E-state index is 12.3. The number of carbonyl (C=O) groups is 1. The molecule has 0 aliphatic carbocycles. The number of rotatable bonds is 1. The molecule has 1 fully saturated rings. The molecule has 4 nitrogen and oxygen atoms in total. The van der Waals surface area contributed by atoms with E-state index in [4.69, 9.17) is 17.3 Å². The molecule has 1 aliphatic heterocycles. The molecule has 0 saturated carbocycles. The number of likely N-dealkylation sites (tertiary alicyclic amines) is 1. The highest BCUT2D eigenvalue weighted by Crippen LogP contribution is 2.25. The van der Waals surface area contributed by atoms with Crippen molar-refractivity contribution in [2.45, 2.75) is 13.8 Å². The molecule has 0 bridgehead atoms. The lowest BCUT2D eigenvalue weighted by atomic mass is 10.0. The first kappa shape index (κ1) is 12.2. The van der Waals surface area contributed by atoms with Crippen LogP contribution in [0.3, 0.4) is 0 Å². The summed E-state index contributed by atoms with van der Waals surface area (Å²) in [7, 11) is 0. The fourth-order valence-electron chi connectivity index (χ4n) is 2.08. The van der Waals surface area contributed by atoms with Crippen LogP contribution in [0.2, 0.25) is 5.15 Å². The molecular weight excluding hydrogens is 238 g/mol. The molecule has 0 aromatic carbocycles. The van der Waals surface area contributed by atoms with Gasteiger partial charge in [-0.05, 0) is 17.9 Å². The zero-order valence-electron chi connectivity index (χ0n) is 9.98. The molecule has 0 spiro atoms. The first-order chi connectivity index (χ1) is 7.99. The smallest absolute Gasteiger partial charge is 0.257 e. The van der Waals surface area contributed by atoms with Crippen LogP contribution in [0.1, 0.15) is 24.2 Å². The summed E-state index contributed by atoms with van der Waals surface area (Å²) in [6, 6.07) is 1.59. The molecule has 17 heavy (non-hydrogen) atoms. The predicted octanol–water partition coefficient (Wildman–Crippen LogP) is 2.05. The summed E-state index contributed by atoms with van der Waals surface area (Å²) in [4.78, 5) is 18.0. The number of pyridine rings is 1. The molecule has 92 valence electrons. The highest BCUT2D eigenvalue weighted by molar-refractivity contribution is 6.32. The van der Waals surface area contributed by atoms with Gasteiger partial charge in [-0.15, -0.1) is 0 Å². The Morgan fingerprint density at radius 2 is 2.06 bits per heavy atom. The Kier molecular flexibility index (Phi) is 3.24. The Balaban J connectivity index is 2.23. The topological polar surface area (TPSA) is 59.2 Å². The monoisotopic (exact) mass is 253 g/mol. The predicted molar refractivity (Wildman–Crippen MR) is 67.9 cm³/mol. The van der Waals surface area contributed by atoms with E-state index >= 15 is 0 Å². The van der Waals surface area contributed by atoms with Gasteiger partial charge in [0, 0.05) is 13.1 Å². The molecule has 1 aromatic heterocycles. The van der Waals surface area contributed by atoms with Crippen molar-refractivity contribution in [1.82, 2.24) is 9.88 Å². The number of hydrogen-bond donors (Lipinski definition) is 1. The number of nitrogens with two attached hydrogens (primary N) is 1. The molecule has 5 heteroatoms. The first-order valence-electron chi connectivity index (χ1n) is 5.69. The average molecular weight is 254 g/mol. The van der Waals surface area contributed by atoms with Crippen molar-refractivity contribution in [1.29, 1.82) is 0 Å². The molecule has 2 atom stereocenters. The molecule has 2 N–H and O–H groups in total. The number of nitrogen functional groups attached to an aromatic ring is 1. The van der Waals surface area contributed by atoms with Gasteiger partial charge in [0.15, 0.2) is 0 Å². The summed E-state index contributed by atoms with van der Waals surface area (Å²) in [5, 5.41) is 0.219. The number of hydrogen-bond acceptors (Lipinski definition) is 3. The third-order valence-electron chi connectivity index (χ3n) is 3.37. The van der Waals surface area contributed by atoms with Gasteiger partial charge in [-0.2, -0.15) is 0 Å². The summed E-state index contributed by atoms with van der Waals surface area (Å²) < 4.78 is 0. The van der Waals surface area contributed by atoms with E-state index in [0.29, 0.717) is 23.1 Å². The zero-order chi connectivity index (χ0) is 12.6. The highest BCUT2D eigenvalue weighted by Gasteiger charge is 2.30. The second kappa shape index (κ2) is 4.53. The Bertz CT molecular complexity index is 439. The summed E-state index contributed by atoms with van der Waals surface area (Å²) in [6.07, 6.45) is 1.45. The molecule has 2 rings (SSSR count). The van der Waals surface area contributed by atoms with Crippen molar-refractivity contribution in [3.63, 3.8) is 0 Å². The second-order valence-corrected chi connectivity index (χ2v) is 5.13. The molecule has 0 radical (unpaired) electrons. The van der Waals surface area contributed by atoms with Crippen molar-refractivity contribution >= 4 is 23.2 Å². The van der Waals surface area contributed by atoms with Crippen LogP contribution < -0.4 is 5.73 Å². The molecule has 1 amide bonds. The van der Waals surface area contributed by atoms with Crippen LogP contribution >= 0.6 is 11.6 Å². The molecule has 1 aliphatic rings. The van der Waals surface area contributed by atoms with Crippen LogP contribution in [-0.4, -0.2) is 28.9 Å². The first-order valence-corrected chi connectivity index (χ1v) is 6.07. The van der Waals surface area contributed by atoms with Crippen LogP contribution in [-0.2, 0) is 0 Å². The third-order valence-corrected chi connectivity index (χ3v) is 3.67. The average Bonchev–Trinajstić information content (AvgIpc) is 2.62. The van der Waals surface area contributed by atoms with Crippen molar-refractivity contribution in [2.75, 3.05) is 18.8 Å². The Labute approximate surface area is 106 Å². The van der Waals surface area contributed by atoms with E-state index in [1.165, 1.54) is 6.20 Å². The van der Waals surface area contributed by atoms with E-state index in [2.05, 4.69) is 18.8 Å².